The summed E-state index contributed by atoms with van der Waals surface area (Å²) in [6.07, 6.45) is 64.5. The van der Waals surface area contributed by atoms with Crippen LogP contribution >= 0.6 is 7.82 Å². The molecule has 0 aromatic carbocycles. The van der Waals surface area contributed by atoms with E-state index in [4.69, 9.17) is 24.3 Å². The van der Waals surface area contributed by atoms with Gasteiger partial charge in [0.15, 0.2) is 0 Å². The van der Waals surface area contributed by atoms with E-state index < -0.39 is 13.9 Å². The van der Waals surface area contributed by atoms with Gasteiger partial charge in [0.2, 0.25) is 0 Å². The van der Waals surface area contributed by atoms with Crippen LogP contribution in [-0.4, -0.2) is 49.9 Å². The van der Waals surface area contributed by atoms with E-state index in [0.29, 0.717) is 13.0 Å². The molecule has 0 fully saturated rings. The van der Waals surface area contributed by atoms with Crippen LogP contribution in [0.5, 0.6) is 0 Å². The standard InChI is InChI=1S/C58H118NO7P/c1-3-5-7-9-11-13-15-17-19-21-23-25-27-28-29-31-33-35-37-39-41-43-45-47-49-51-58(60)66-57(56-65-67(61,62)64-54-52-59)55-63-53-50-48-46-44-42-40-38-36-34-32-30-26-24-22-20-18-16-14-12-10-8-6-4-2/h57H,3-56,59H2,1-2H3,(H,61,62). The van der Waals surface area contributed by atoms with Crippen LogP contribution in [0.1, 0.15) is 328 Å². The highest BCUT2D eigenvalue weighted by Gasteiger charge is 2.25. The predicted molar refractivity (Wildman–Crippen MR) is 289 cm³/mol. The van der Waals surface area contributed by atoms with Crippen molar-refractivity contribution in [3.05, 3.63) is 0 Å². The number of hydrogen-bond donors (Lipinski definition) is 2. The SMILES string of the molecule is CCCCCCCCCCCCCCCCCCCCCCCCCCCC(=O)OC(COCCCCCCCCCCCCCCCCCCCCCCCCC)COP(=O)(O)OCCN. The molecule has 9 heteroatoms. The highest BCUT2D eigenvalue weighted by Crippen LogP contribution is 2.43. The molecule has 0 heterocycles. The Bertz CT molecular complexity index is 1000. The number of phosphoric acid groups is 1. The van der Waals surface area contributed by atoms with E-state index >= 15 is 0 Å². The number of nitrogens with two attached hydrogens (primary N) is 1. The van der Waals surface area contributed by atoms with Crippen molar-refractivity contribution in [2.24, 2.45) is 5.73 Å². The van der Waals surface area contributed by atoms with E-state index in [-0.39, 0.29) is 32.3 Å². The third kappa shape index (κ3) is 56.3. The zero-order valence-corrected chi connectivity index (χ0v) is 46.1. The molecule has 0 saturated heterocycles. The van der Waals surface area contributed by atoms with Crippen LogP contribution in [-0.2, 0) is 27.9 Å². The van der Waals surface area contributed by atoms with Crippen LogP contribution in [0.2, 0.25) is 0 Å². The second-order valence-corrected chi connectivity index (χ2v) is 22.0. The Labute approximate surface area is 418 Å². The number of hydrogen-bond acceptors (Lipinski definition) is 7. The van der Waals surface area contributed by atoms with Crippen molar-refractivity contribution in [2.75, 3.05) is 33.0 Å². The Hall–Kier alpha value is -0.500. The lowest BCUT2D eigenvalue weighted by molar-refractivity contribution is -0.154. The Morgan fingerprint density at radius 3 is 0.940 bits per heavy atom. The lowest BCUT2D eigenvalue weighted by atomic mass is 10.0. The minimum Gasteiger partial charge on any atom is -0.457 e. The lowest BCUT2D eigenvalue weighted by Crippen LogP contribution is -2.28. The maximum absolute atomic E-state index is 12.7. The largest absolute Gasteiger partial charge is 0.472 e. The van der Waals surface area contributed by atoms with Crippen molar-refractivity contribution in [2.45, 2.75) is 335 Å². The normalized spacial score (nSPS) is 13.1. The van der Waals surface area contributed by atoms with Gasteiger partial charge in [0.25, 0.3) is 0 Å². The van der Waals surface area contributed by atoms with Crippen LogP contribution in [0.3, 0.4) is 0 Å². The van der Waals surface area contributed by atoms with Gasteiger partial charge in [-0.15, -0.1) is 0 Å². The number of rotatable bonds is 59. The van der Waals surface area contributed by atoms with Crippen molar-refractivity contribution in [1.29, 1.82) is 0 Å². The van der Waals surface area contributed by atoms with Gasteiger partial charge in [-0.2, -0.15) is 0 Å². The van der Waals surface area contributed by atoms with Gasteiger partial charge >= 0.3 is 13.8 Å². The smallest absolute Gasteiger partial charge is 0.457 e. The van der Waals surface area contributed by atoms with E-state index in [0.717, 1.165) is 32.1 Å². The monoisotopic (exact) mass is 972 g/mol. The fourth-order valence-corrected chi connectivity index (χ4v) is 10.1. The number of ether oxygens (including phenoxy) is 2. The van der Waals surface area contributed by atoms with Crippen molar-refractivity contribution in [1.82, 2.24) is 0 Å². The van der Waals surface area contributed by atoms with Crippen LogP contribution in [0.4, 0.5) is 0 Å². The maximum Gasteiger partial charge on any atom is 0.472 e. The zero-order chi connectivity index (χ0) is 48.7. The lowest BCUT2D eigenvalue weighted by Gasteiger charge is -2.20. The molecule has 402 valence electrons. The number of carbonyl (C=O) groups is 1. The predicted octanol–water partition coefficient (Wildman–Crippen LogP) is 19.2. The maximum atomic E-state index is 12.7. The molecule has 2 atom stereocenters. The Kier molecular flexibility index (Phi) is 56.0. The number of phosphoric ester groups is 1. The van der Waals surface area contributed by atoms with E-state index in [1.54, 1.807) is 0 Å². The van der Waals surface area contributed by atoms with Gasteiger partial charge in [0.05, 0.1) is 19.8 Å². The molecule has 0 aliphatic heterocycles. The Balaban J connectivity index is 3.79. The van der Waals surface area contributed by atoms with Gasteiger partial charge in [-0.25, -0.2) is 4.57 Å². The number of unbranched alkanes of at least 4 members (excludes halogenated alkanes) is 46. The van der Waals surface area contributed by atoms with Gasteiger partial charge in [-0.3, -0.25) is 13.8 Å². The van der Waals surface area contributed by atoms with Crippen LogP contribution in [0.15, 0.2) is 0 Å². The fourth-order valence-electron chi connectivity index (χ4n) is 9.36. The average molecular weight is 973 g/mol. The van der Waals surface area contributed by atoms with E-state index in [1.165, 1.54) is 276 Å². The molecule has 8 nitrogen and oxygen atoms in total. The van der Waals surface area contributed by atoms with E-state index in [2.05, 4.69) is 13.8 Å². The van der Waals surface area contributed by atoms with Gasteiger partial charge in [0, 0.05) is 19.6 Å². The first-order chi connectivity index (χ1) is 32.9. The molecule has 67 heavy (non-hydrogen) atoms. The fraction of sp³-hybridized carbons (Fsp3) is 0.983. The molecule has 0 aromatic heterocycles. The molecule has 0 rings (SSSR count). The summed E-state index contributed by atoms with van der Waals surface area (Å²) in [5, 5.41) is 0. The Morgan fingerprint density at radius 1 is 0.388 bits per heavy atom. The summed E-state index contributed by atoms with van der Waals surface area (Å²) in [7, 11) is -4.28. The molecule has 0 radical (unpaired) electrons. The molecular formula is C58H118NO7P. The van der Waals surface area contributed by atoms with Gasteiger partial charge in [-0.05, 0) is 12.8 Å². The molecule has 2 unspecified atom stereocenters. The summed E-state index contributed by atoms with van der Waals surface area (Å²) in [5.74, 6) is -0.318. The van der Waals surface area contributed by atoms with Crippen LogP contribution in [0, 0.1) is 0 Å². The molecule has 3 N–H and O–H groups in total. The minimum absolute atomic E-state index is 0.0894. The molecule has 0 amide bonds. The average Bonchev–Trinajstić information content (AvgIpc) is 3.32. The second-order valence-electron chi connectivity index (χ2n) is 20.6. The van der Waals surface area contributed by atoms with Crippen molar-refractivity contribution < 1.29 is 32.8 Å². The summed E-state index contributed by atoms with van der Waals surface area (Å²) < 4.78 is 33.7. The summed E-state index contributed by atoms with van der Waals surface area (Å²) in [5.41, 5.74) is 5.41. The zero-order valence-electron chi connectivity index (χ0n) is 45.2. The second kappa shape index (κ2) is 56.4. The highest BCUT2D eigenvalue weighted by molar-refractivity contribution is 7.47. The summed E-state index contributed by atoms with van der Waals surface area (Å²) in [4.78, 5) is 22.7. The molecule has 0 aliphatic carbocycles. The van der Waals surface area contributed by atoms with Crippen LogP contribution < -0.4 is 5.73 Å². The topological polar surface area (TPSA) is 117 Å². The molecular weight excluding hydrogens is 854 g/mol. The molecule has 0 spiro atoms. The van der Waals surface area contributed by atoms with Crippen LogP contribution in [0.25, 0.3) is 0 Å². The van der Waals surface area contributed by atoms with E-state index in [1.807, 2.05) is 0 Å². The minimum atomic E-state index is -4.28. The van der Waals surface area contributed by atoms with Gasteiger partial charge < -0.3 is 20.1 Å². The summed E-state index contributed by atoms with van der Waals surface area (Å²) in [6.45, 7) is 5.03. The molecule has 0 bridgehead atoms. The van der Waals surface area contributed by atoms with Gasteiger partial charge in [-0.1, -0.05) is 309 Å². The quantitative estimate of drug-likeness (QED) is 0.0352. The first-order valence-electron chi connectivity index (χ1n) is 30.0. The third-order valence-electron chi connectivity index (χ3n) is 13.8. The number of carbonyl (C=O) groups excluding carboxylic acids is 1. The number of esters is 1. The van der Waals surface area contributed by atoms with Gasteiger partial charge in [0.1, 0.15) is 6.10 Å². The van der Waals surface area contributed by atoms with Crippen molar-refractivity contribution in [3.8, 4) is 0 Å². The summed E-state index contributed by atoms with van der Waals surface area (Å²) >= 11 is 0. The highest BCUT2D eigenvalue weighted by atomic mass is 31.2. The molecule has 0 aromatic rings. The first-order valence-corrected chi connectivity index (χ1v) is 31.5. The first kappa shape index (κ1) is 66.5. The summed E-state index contributed by atoms with van der Waals surface area (Å²) in [6, 6.07) is 0. The third-order valence-corrected chi connectivity index (χ3v) is 14.8. The Morgan fingerprint density at radius 2 is 0.657 bits per heavy atom. The molecule has 0 aliphatic rings. The van der Waals surface area contributed by atoms with E-state index in [9.17, 15) is 14.3 Å². The molecule has 0 saturated carbocycles. The van der Waals surface area contributed by atoms with Crippen molar-refractivity contribution in [3.63, 3.8) is 0 Å². The van der Waals surface area contributed by atoms with Crippen molar-refractivity contribution >= 4 is 13.8 Å².